The van der Waals surface area contributed by atoms with Crippen LogP contribution in [0.5, 0.6) is 0 Å². The minimum absolute atomic E-state index is 0.00885. The normalized spacial score (nSPS) is 9.88. The summed E-state index contributed by atoms with van der Waals surface area (Å²) in [5.41, 5.74) is 5.27. The maximum absolute atomic E-state index is 13.3. The first kappa shape index (κ1) is 13.1. The number of thiocarbonyl (C=S) groups is 1. The first-order valence-electron chi connectivity index (χ1n) is 4.53. The molecule has 0 unspecified atom stereocenters. The zero-order chi connectivity index (χ0) is 12.1. The van der Waals surface area contributed by atoms with Crippen molar-refractivity contribution in [2.24, 2.45) is 5.73 Å². The topological polar surface area (TPSA) is 55.1 Å². The summed E-state index contributed by atoms with van der Waals surface area (Å²) < 4.78 is 13.8. The summed E-state index contributed by atoms with van der Waals surface area (Å²) in [6.07, 6.45) is 0.396. The molecule has 0 spiro atoms. The second-order valence-electron chi connectivity index (χ2n) is 3.07. The lowest BCUT2D eigenvalue weighted by Gasteiger charge is -2.07. The Balaban J connectivity index is 2.70. The van der Waals surface area contributed by atoms with E-state index in [4.69, 9.17) is 5.73 Å². The summed E-state index contributed by atoms with van der Waals surface area (Å²) in [5.74, 6) is -1.05. The average molecular weight is 305 g/mol. The SMILES string of the molecule is NC(=S)CCNC(=O)c1c(F)cccc1Br. The minimum atomic E-state index is -0.567. The van der Waals surface area contributed by atoms with Gasteiger partial charge >= 0.3 is 0 Å². The van der Waals surface area contributed by atoms with Gasteiger partial charge in [-0.3, -0.25) is 4.79 Å². The van der Waals surface area contributed by atoms with Gasteiger partial charge in [0.25, 0.3) is 5.91 Å². The van der Waals surface area contributed by atoms with E-state index in [-0.39, 0.29) is 5.56 Å². The molecule has 0 aliphatic heterocycles. The average Bonchev–Trinajstić information content (AvgIpc) is 2.16. The third kappa shape index (κ3) is 3.53. The Morgan fingerprint density at radius 3 is 2.81 bits per heavy atom. The predicted molar refractivity (Wildman–Crippen MR) is 67.8 cm³/mol. The number of rotatable bonds is 4. The molecule has 0 saturated carbocycles. The number of amides is 1. The van der Waals surface area contributed by atoms with Crippen LogP contribution >= 0.6 is 28.1 Å². The van der Waals surface area contributed by atoms with Gasteiger partial charge < -0.3 is 11.1 Å². The van der Waals surface area contributed by atoms with Gasteiger partial charge in [-0.05, 0) is 28.1 Å². The van der Waals surface area contributed by atoms with Crippen LogP contribution in [-0.4, -0.2) is 17.4 Å². The maximum Gasteiger partial charge on any atom is 0.255 e. The van der Waals surface area contributed by atoms with E-state index in [1.807, 2.05) is 0 Å². The Morgan fingerprint density at radius 2 is 2.25 bits per heavy atom. The van der Waals surface area contributed by atoms with Crippen LogP contribution in [0.3, 0.4) is 0 Å². The van der Waals surface area contributed by atoms with Crippen molar-refractivity contribution >= 4 is 39.0 Å². The molecule has 0 atom stereocenters. The highest BCUT2D eigenvalue weighted by Crippen LogP contribution is 2.19. The van der Waals surface area contributed by atoms with E-state index in [0.29, 0.717) is 22.4 Å². The van der Waals surface area contributed by atoms with Crippen molar-refractivity contribution in [3.8, 4) is 0 Å². The van der Waals surface area contributed by atoms with Gasteiger partial charge in [-0.2, -0.15) is 0 Å². The van der Waals surface area contributed by atoms with E-state index in [9.17, 15) is 9.18 Å². The van der Waals surface area contributed by atoms with E-state index in [0.717, 1.165) is 0 Å². The summed E-state index contributed by atoms with van der Waals surface area (Å²) in [6.45, 7) is 0.301. The molecule has 3 nitrogen and oxygen atoms in total. The van der Waals surface area contributed by atoms with Gasteiger partial charge in [0.05, 0.1) is 10.6 Å². The number of halogens is 2. The summed E-state index contributed by atoms with van der Waals surface area (Å²) >= 11 is 7.78. The third-order valence-electron chi connectivity index (χ3n) is 1.85. The second-order valence-corrected chi connectivity index (χ2v) is 4.45. The Labute approximate surface area is 106 Å². The lowest BCUT2D eigenvalue weighted by Crippen LogP contribution is -2.28. The molecular weight excluding hydrogens is 295 g/mol. The summed E-state index contributed by atoms with van der Waals surface area (Å²) in [4.78, 5) is 11.9. The molecule has 1 aromatic carbocycles. The molecule has 1 rings (SSSR count). The molecule has 0 aromatic heterocycles. The monoisotopic (exact) mass is 304 g/mol. The fourth-order valence-corrected chi connectivity index (χ4v) is 1.73. The molecule has 3 N–H and O–H groups in total. The molecule has 0 bridgehead atoms. The number of carbonyl (C=O) groups is 1. The lowest BCUT2D eigenvalue weighted by atomic mass is 10.2. The molecule has 0 heterocycles. The van der Waals surface area contributed by atoms with Crippen LogP contribution in [0.25, 0.3) is 0 Å². The summed E-state index contributed by atoms with van der Waals surface area (Å²) in [5, 5.41) is 2.54. The minimum Gasteiger partial charge on any atom is -0.393 e. The van der Waals surface area contributed by atoms with Gasteiger partial charge in [0.2, 0.25) is 0 Å². The molecule has 1 aromatic rings. The van der Waals surface area contributed by atoms with Gasteiger partial charge in [-0.25, -0.2) is 4.39 Å². The van der Waals surface area contributed by atoms with Gasteiger partial charge in [0.15, 0.2) is 0 Å². The quantitative estimate of drug-likeness (QED) is 0.837. The summed E-state index contributed by atoms with van der Waals surface area (Å²) in [7, 11) is 0. The van der Waals surface area contributed by atoms with E-state index in [1.54, 1.807) is 6.07 Å². The highest BCUT2D eigenvalue weighted by Gasteiger charge is 2.14. The van der Waals surface area contributed by atoms with Crippen LogP contribution in [0.1, 0.15) is 16.8 Å². The third-order valence-corrected chi connectivity index (χ3v) is 2.71. The van der Waals surface area contributed by atoms with Gasteiger partial charge in [0.1, 0.15) is 5.82 Å². The number of carbonyl (C=O) groups excluding carboxylic acids is 1. The smallest absolute Gasteiger partial charge is 0.255 e. The molecule has 0 aliphatic carbocycles. The maximum atomic E-state index is 13.3. The second kappa shape index (κ2) is 5.91. The molecule has 6 heteroatoms. The first-order chi connectivity index (χ1) is 7.52. The lowest BCUT2D eigenvalue weighted by molar-refractivity contribution is 0.0950. The zero-order valence-corrected chi connectivity index (χ0v) is 10.7. The number of nitrogens with two attached hydrogens (primary N) is 1. The fraction of sp³-hybridized carbons (Fsp3) is 0.200. The largest absolute Gasteiger partial charge is 0.393 e. The number of nitrogens with one attached hydrogen (secondary N) is 1. The summed E-state index contributed by atoms with van der Waals surface area (Å²) in [6, 6.07) is 4.35. The number of benzene rings is 1. The zero-order valence-electron chi connectivity index (χ0n) is 8.30. The van der Waals surface area contributed by atoms with Gasteiger partial charge in [0, 0.05) is 17.4 Å². The van der Waals surface area contributed by atoms with Gasteiger partial charge in [-0.1, -0.05) is 18.3 Å². The van der Waals surface area contributed by atoms with Crippen LogP contribution in [0.15, 0.2) is 22.7 Å². The molecule has 86 valence electrons. The van der Waals surface area contributed by atoms with Crippen LogP contribution in [0.4, 0.5) is 4.39 Å². The van der Waals surface area contributed by atoms with Crippen molar-refractivity contribution < 1.29 is 9.18 Å². The van der Waals surface area contributed by atoms with Crippen LogP contribution in [0.2, 0.25) is 0 Å². The highest BCUT2D eigenvalue weighted by molar-refractivity contribution is 9.10. The molecule has 16 heavy (non-hydrogen) atoms. The molecule has 0 saturated heterocycles. The highest BCUT2D eigenvalue weighted by atomic mass is 79.9. The van der Waals surface area contributed by atoms with Crippen molar-refractivity contribution in [3.63, 3.8) is 0 Å². The number of hydrogen-bond acceptors (Lipinski definition) is 2. The molecule has 0 aliphatic rings. The standard InChI is InChI=1S/C10H10BrFN2OS/c11-6-2-1-3-7(12)9(6)10(15)14-5-4-8(13)16/h1-3H,4-5H2,(H2,13,16)(H,14,15). The van der Waals surface area contributed by atoms with E-state index in [2.05, 4.69) is 33.5 Å². The Hall–Kier alpha value is -1.01. The van der Waals surface area contributed by atoms with Crippen molar-refractivity contribution in [2.75, 3.05) is 6.54 Å². The fourth-order valence-electron chi connectivity index (χ4n) is 1.10. The van der Waals surface area contributed by atoms with E-state index >= 15 is 0 Å². The number of hydrogen-bond donors (Lipinski definition) is 2. The van der Waals surface area contributed by atoms with E-state index in [1.165, 1.54) is 12.1 Å². The van der Waals surface area contributed by atoms with Gasteiger partial charge in [-0.15, -0.1) is 0 Å². The molecule has 0 radical (unpaired) electrons. The van der Waals surface area contributed by atoms with Crippen molar-refractivity contribution in [1.82, 2.24) is 5.32 Å². The Morgan fingerprint density at radius 1 is 1.56 bits per heavy atom. The molecule has 0 fully saturated rings. The Kier molecular flexibility index (Phi) is 4.82. The van der Waals surface area contributed by atoms with Crippen LogP contribution < -0.4 is 11.1 Å². The molecular formula is C10H10BrFN2OS. The molecule has 1 amide bonds. The van der Waals surface area contributed by atoms with Crippen molar-refractivity contribution in [3.05, 3.63) is 34.1 Å². The first-order valence-corrected chi connectivity index (χ1v) is 5.73. The van der Waals surface area contributed by atoms with Crippen molar-refractivity contribution in [2.45, 2.75) is 6.42 Å². The Bertz CT molecular complexity index is 405. The van der Waals surface area contributed by atoms with Crippen LogP contribution in [-0.2, 0) is 0 Å². The van der Waals surface area contributed by atoms with Crippen LogP contribution in [0, 0.1) is 5.82 Å². The van der Waals surface area contributed by atoms with E-state index < -0.39 is 11.7 Å². The van der Waals surface area contributed by atoms with Crippen molar-refractivity contribution in [1.29, 1.82) is 0 Å². The predicted octanol–water partition coefficient (Wildman–Crippen LogP) is 1.99.